The summed E-state index contributed by atoms with van der Waals surface area (Å²) in [6.07, 6.45) is -0.401. The van der Waals surface area contributed by atoms with Gasteiger partial charge in [0.25, 0.3) is 0 Å². The van der Waals surface area contributed by atoms with Crippen LogP contribution < -0.4 is 33.6 Å². The van der Waals surface area contributed by atoms with Crippen LogP contribution in [-0.2, 0) is 22.4 Å². The third-order valence-corrected chi connectivity index (χ3v) is 11.3. The summed E-state index contributed by atoms with van der Waals surface area (Å²) in [5.41, 5.74) is 0. The van der Waals surface area contributed by atoms with Gasteiger partial charge in [-0.3, -0.25) is 0 Å². The first kappa shape index (κ1) is 37.0. The molecule has 0 fully saturated rings. The largest absolute Gasteiger partial charge is 1.00 e. The number of halogens is 1. The molecule has 34 heavy (non-hydrogen) atoms. The standard InChI is InChI=1S/2C10H16O4P2.Au.ClH/c2*11-5-15(6-12)9-2-1-3-10(4-9)16(7-13)8-14;;/h2*1-4,11-14H,5-8H2;;1H/q;;+1;/p-1. The van der Waals surface area contributed by atoms with Gasteiger partial charge in [-0.1, -0.05) is 36.4 Å². The quantitative estimate of drug-likeness (QED) is 0.0816. The van der Waals surface area contributed by atoms with Crippen LogP contribution in [0.2, 0.25) is 0 Å². The van der Waals surface area contributed by atoms with Crippen LogP contribution in [0, 0.1) is 0 Å². The summed E-state index contributed by atoms with van der Waals surface area (Å²) in [5, 5.41) is 76.4. The Morgan fingerprint density at radius 1 is 0.412 bits per heavy atom. The Morgan fingerprint density at radius 2 is 0.588 bits per heavy atom. The zero-order valence-electron chi connectivity index (χ0n) is 18.3. The van der Waals surface area contributed by atoms with E-state index in [2.05, 4.69) is 0 Å². The van der Waals surface area contributed by atoms with E-state index in [1.165, 1.54) is 0 Å². The van der Waals surface area contributed by atoms with Gasteiger partial charge in [0, 0.05) is 0 Å². The third-order valence-electron chi connectivity index (χ3n) is 4.49. The van der Waals surface area contributed by atoms with Crippen molar-refractivity contribution in [2.75, 3.05) is 50.8 Å². The minimum atomic E-state index is -0.944. The van der Waals surface area contributed by atoms with Crippen LogP contribution in [0.5, 0.6) is 0 Å². The first-order chi connectivity index (χ1) is 15.5. The van der Waals surface area contributed by atoms with Gasteiger partial charge in [0.2, 0.25) is 0 Å². The van der Waals surface area contributed by atoms with Crippen molar-refractivity contribution < 1.29 is 75.6 Å². The molecule has 0 heterocycles. The minimum absolute atomic E-state index is 0. The van der Waals surface area contributed by atoms with Gasteiger partial charge in [0.05, 0.1) is 50.8 Å². The SMILES string of the molecule is OCP(CO)c1cccc(P(CO)CO)c1.OCP(CO)c1cccc(P(CO)CO)c1.[Au+].[Cl-]. The Morgan fingerprint density at radius 3 is 0.735 bits per heavy atom. The predicted molar refractivity (Wildman–Crippen MR) is 136 cm³/mol. The molecule has 2 aromatic carbocycles. The molecule has 0 aliphatic heterocycles. The maximum absolute atomic E-state index is 9.10. The molecule has 0 saturated heterocycles. The van der Waals surface area contributed by atoms with Crippen LogP contribution in [0.4, 0.5) is 0 Å². The zero-order chi connectivity index (χ0) is 23.9. The van der Waals surface area contributed by atoms with E-state index in [0.29, 0.717) is 0 Å². The van der Waals surface area contributed by atoms with Crippen LogP contribution in [-0.4, -0.2) is 91.6 Å². The first-order valence-corrected chi connectivity index (χ1v) is 16.4. The van der Waals surface area contributed by atoms with E-state index in [4.69, 9.17) is 40.9 Å². The molecule has 8 N–H and O–H groups in total. The molecule has 14 heteroatoms. The molecule has 0 amide bonds. The molecule has 2 aromatic rings. The Labute approximate surface area is 227 Å². The summed E-state index contributed by atoms with van der Waals surface area (Å²) in [4.78, 5) is 0. The molecular weight excluding hydrogens is 725 g/mol. The van der Waals surface area contributed by atoms with Crippen molar-refractivity contribution >= 4 is 52.9 Å². The summed E-state index contributed by atoms with van der Waals surface area (Å²) in [6.45, 7) is 0. The van der Waals surface area contributed by atoms with E-state index in [9.17, 15) is 0 Å². The molecule has 2 rings (SSSR count). The molecular formula is C20H32AuClO8P4. The molecule has 0 atom stereocenters. The molecule has 0 aromatic heterocycles. The Balaban J connectivity index is 0. The van der Waals surface area contributed by atoms with Gasteiger partial charge < -0.3 is 53.3 Å². The monoisotopic (exact) mass is 756 g/mol. The summed E-state index contributed by atoms with van der Waals surface area (Å²) < 4.78 is 0. The fraction of sp³-hybridized carbons (Fsp3) is 0.400. The van der Waals surface area contributed by atoms with Crippen molar-refractivity contribution in [3.8, 4) is 0 Å². The van der Waals surface area contributed by atoms with Crippen molar-refractivity contribution in [2.24, 2.45) is 0 Å². The van der Waals surface area contributed by atoms with Gasteiger partial charge in [0.1, 0.15) is 0 Å². The second kappa shape index (κ2) is 21.9. The molecule has 8 nitrogen and oxygen atoms in total. The van der Waals surface area contributed by atoms with Crippen molar-refractivity contribution in [2.45, 2.75) is 0 Å². The van der Waals surface area contributed by atoms with E-state index >= 15 is 0 Å². The number of rotatable bonds is 12. The van der Waals surface area contributed by atoms with Crippen molar-refractivity contribution in [1.82, 2.24) is 0 Å². The van der Waals surface area contributed by atoms with Crippen molar-refractivity contribution in [3.63, 3.8) is 0 Å². The normalized spacial score (nSPS) is 10.7. The van der Waals surface area contributed by atoms with Gasteiger partial charge in [-0.05, 0) is 65.0 Å². The summed E-state index contributed by atoms with van der Waals surface area (Å²) >= 11 is 0. The molecule has 0 unspecified atom stereocenters. The van der Waals surface area contributed by atoms with Crippen LogP contribution in [0.25, 0.3) is 0 Å². The van der Waals surface area contributed by atoms with E-state index in [1.807, 2.05) is 48.5 Å². The van der Waals surface area contributed by atoms with Crippen LogP contribution in [0.15, 0.2) is 48.5 Å². The topological polar surface area (TPSA) is 162 Å². The summed E-state index contributed by atoms with van der Waals surface area (Å²) in [6, 6.07) is 14.8. The first-order valence-electron chi connectivity index (χ1n) is 9.60. The fourth-order valence-electron chi connectivity index (χ4n) is 2.60. The molecule has 0 aliphatic carbocycles. The average Bonchev–Trinajstić information content (AvgIpc) is 2.83. The Kier molecular flexibility index (Phi) is 23.9. The van der Waals surface area contributed by atoms with Gasteiger partial charge in [0.15, 0.2) is 0 Å². The van der Waals surface area contributed by atoms with E-state index in [1.54, 1.807) is 0 Å². The zero-order valence-corrected chi connectivity index (χ0v) is 24.8. The molecule has 0 bridgehead atoms. The Bertz CT molecular complexity index is 649. The second-order valence-corrected chi connectivity index (χ2v) is 15.0. The average molecular weight is 757 g/mol. The van der Waals surface area contributed by atoms with Crippen LogP contribution >= 0.6 is 31.7 Å². The molecule has 0 radical (unpaired) electrons. The molecule has 0 aliphatic rings. The molecule has 0 spiro atoms. The van der Waals surface area contributed by atoms with Gasteiger partial charge in [-0.2, -0.15) is 0 Å². The van der Waals surface area contributed by atoms with Crippen molar-refractivity contribution in [3.05, 3.63) is 48.5 Å². The van der Waals surface area contributed by atoms with Crippen molar-refractivity contribution in [1.29, 1.82) is 0 Å². The summed E-state index contributed by atoms with van der Waals surface area (Å²) in [5.74, 6) is 0. The van der Waals surface area contributed by atoms with Crippen LogP contribution in [0.1, 0.15) is 0 Å². The second-order valence-electron chi connectivity index (χ2n) is 6.33. The predicted octanol–water partition coefficient (Wildman–Crippen LogP) is -3.60. The van der Waals surface area contributed by atoms with E-state index in [0.717, 1.165) is 21.2 Å². The fourth-order valence-corrected chi connectivity index (χ4v) is 6.95. The molecule has 198 valence electrons. The number of hydrogen-bond donors (Lipinski definition) is 8. The number of benzene rings is 2. The van der Waals surface area contributed by atoms with Gasteiger partial charge >= 0.3 is 22.4 Å². The Hall–Kier alpha value is 0.870. The third kappa shape index (κ3) is 11.9. The van der Waals surface area contributed by atoms with E-state index < -0.39 is 31.7 Å². The number of hydrogen-bond acceptors (Lipinski definition) is 8. The van der Waals surface area contributed by atoms with E-state index in [-0.39, 0.29) is 85.6 Å². The maximum Gasteiger partial charge on any atom is 1.00 e. The van der Waals surface area contributed by atoms with Gasteiger partial charge in [-0.15, -0.1) is 0 Å². The van der Waals surface area contributed by atoms with Gasteiger partial charge in [-0.25, -0.2) is 0 Å². The van der Waals surface area contributed by atoms with Crippen LogP contribution in [0.3, 0.4) is 0 Å². The number of aliphatic hydroxyl groups excluding tert-OH is 8. The summed E-state index contributed by atoms with van der Waals surface area (Å²) in [7, 11) is -3.78. The maximum atomic E-state index is 9.10. The number of aliphatic hydroxyl groups is 8. The minimum Gasteiger partial charge on any atom is -1.00 e. The molecule has 0 saturated carbocycles. The smallest absolute Gasteiger partial charge is 1.00 e.